The van der Waals surface area contributed by atoms with E-state index in [-0.39, 0.29) is 36.5 Å². The minimum Gasteiger partial charge on any atom is -0.372 e. The molecule has 2 rings (SSSR count). The molecule has 1 aromatic carbocycles. The van der Waals surface area contributed by atoms with Crippen LogP contribution >= 0.6 is 24.8 Å². The van der Waals surface area contributed by atoms with E-state index in [2.05, 4.69) is 12.2 Å². The number of para-hydroxylation sites is 1. The van der Waals surface area contributed by atoms with Crippen LogP contribution in [0.4, 0.5) is 5.69 Å². The van der Waals surface area contributed by atoms with E-state index in [9.17, 15) is 0 Å². The molecular formula is C14H23Cl2N3O. The molecule has 2 atom stereocenters. The van der Waals surface area contributed by atoms with Gasteiger partial charge in [0, 0.05) is 19.3 Å². The number of halogens is 2. The lowest BCUT2D eigenvalue weighted by Gasteiger charge is -2.45. The molecule has 1 heterocycles. The van der Waals surface area contributed by atoms with Crippen LogP contribution in [0, 0.1) is 5.41 Å². The molecule has 1 saturated heterocycles. The van der Waals surface area contributed by atoms with Crippen molar-refractivity contribution in [3.05, 3.63) is 30.3 Å². The molecule has 0 aromatic heterocycles. The average Bonchev–Trinajstić information content (AvgIpc) is 2.40. The summed E-state index contributed by atoms with van der Waals surface area (Å²) in [7, 11) is 3.60. The standard InChI is InChI=1S/C14H21N3O.2ClH/c1-14(16-2)9-10-17(13(15)12(14)18-3)11-7-5-4-6-8-11;;/h4-8,12,15-16H,9-10H2,1-3H3;2*1H. The molecule has 1 aromatic rings. The van der Waals surface area contributed by atoms with Crippen LogP contribution in [0.2, 0.25) is 0 Å². The van der Waals surface area contributed by atoms with Gasteiger partial charge in [-0.3, -0.25) is 5.41 Å². The van der Waals surface area contributed by atoms with Gasteiger partial charge in [-0.05, 0) is 32.5 Å². The van der Waals surface area contributed by atoms with E-state index in [0.29, 0.717) is 5.84 Å². The molecule has 0 bridgehead atoms. The van der Waals surface area contributed by atoms with Crippen LogP contribution < -0.4 is 10.2 Å². The summed E-state index contributed by atoms with van der Waals surface area (Å²) < 4.78 is 5.53. The van der Waals surface area contributed by atoms with Crippen molar-refractivity contribution in [1.29, 1.82) is 5.41 Å². The van der Waals surface area contributed by atoms with Gasteiger partial charge in [-0.15, -0.1) is 24.8 Å². The number of piperidine rings is 1. The van der Waals surface area contributed by atoms with E-state index in [1.165, 1.54) is 0 Å². The van der Waals surface area contributed by atoms with Crippen LogP contribution in [0.15, 0.2) is 30.3 Å². The molecule has 1 fully saturated rings. The summed E-state index contributed by atoms with van der Waals surface area (Å²) in [5.74, 6) is 0.520. The fourth-order valence-electron chi connectivity index (χ4n) is 2.54. The smallest absolute Gasteiger partial charge is 0.132 e. The average molecular weight is 320 g/mol. The Balaban J connectivity index is 0.00000180. The van der Waals surface area contributed by atoms with E-state index in [1.54, 1.807) is 7.11 Å². The number of rotatable bonds is 3. The van der Waals surface area contributed by atoms with E-state index in [0.717, 1.165) is 18.7 Å². The van der Waals surface area contributed by atoms with Crippen LogP contribution in [0.25, 0.3) is 0 Å². The van der Waals surface area contributed by atoms with Gasteiger partial charge >= 0.3 is 0 Å². The zero-order chi connectivity index (χ0) is 13.2. The van der Waals surface area contributed by atoms with Crippen molar-refractivity contribution in [3.63, 3.8) is 0 Å². The highest BCUT2D eigenvalue weighted by Crippen LogP contribution is 2.28. The molecule has 1 aliphatic heterocycles. The monoisotopic (exact) mass is 319 g/mol. The van der Waals surface area contributed by atoms with Crippen LogP contribution in [0.1, 0.15) is 13.3 Å². The minimum absolute atomic E-state index is 0. The molecule has 4 nitrogen and oxygen atoms in total. The predicted octanol–water partition coefficient (Wildman–Crippen LogP) is 2.71. The number of hydrogen-bond acceptors (Lipinski definition) is 3. The van der Waals surface area contributed by atoms with Crippen LogP contribution in [-0.2, 0) is 4.74 Å². The highest BCUT2D eigenvalue weighted by atomic mass is 35.5. The zero-order valence-electron chi connectivity index (χ0n) is 12.1. The van der Waals surface area contributed by atoms with Gasteiger partial charge in [-0.25, -0.2) is 0 Å². The highest BCUT2D eigenvalue weighted by Gasteiger charge is 2.42. The molecule has 0 radical (unpaired) electrons. The zero-order valence-corrected chi connectivity index (χ0v) is 13.7. The number of nitrogens with one attached hydrogen (secondary N) is 2. The van der Waals surface area contributed by atoms with Crippen molar-refractivity contribution in [1.82, 2.24) is 5.32 Å². The normalized spacial score (nSPS) is 25.6. The van der Waals surface area contributed by atoms with Crippen molar-refractivity contribution in [3.8, 4) is 0 Å². The molecule has 2 unspecified atom stereocenters. The lowest BCUT2D eigenvalue weighted by molar-refractivity contribution is 0.0653. The molecule has 20 heavy (non-hydrogen) atoms. The lowest BCUT2D eigenvalue weighted by Crippen LogP contribution is -2.63. The van der Waals surface area contributed by atoms with Crippen molar-refractivity contribution >= 4 is 36.3 Å². The maximum atomic E-state index is 8.36. The third-order valence-electron chi connectivity index (χ3n) is 3.85. The molecule has 0 aliphatic carbocycles. The van der Waals surface area contributed by atoms with Crippen LogP contribution in [0.3, 0.4) is 0 Å². The molecule has 2 N–H and O–H groups in total. The Morgan fingerprint density at radius 3 is 2.40 bits per heavy atom. The van der Waals surface area contributed by atoms with Gasteiger partial charge in [0.15, 0.2) is 0 Å². The summed E-state index contributed by atoms with van der Waals surface area (Å²) in [6.07, 6.45) is 0.718. The Kier molecular flexibility index (Phi) is 7.52. The Hall–Kier alpha value is -0.810. The third-order valence-corrected chi connectivity index (χ3v) is 3.85. The summed E-state index contributed by atoms with van der Waals surface area (Å²) >= 11 is 0. The van der Waals surface area contributed by atoms with Gasteiger partial charge in [0.1, 0.15) is 11.9 Å². The second kappa shape index (κ2) is 7.84. The van der Waals surface area contributed by atoms with Crippen molar-refractivity contribution < 1.29 is 4.74 Å². The predicted molar refractivity (Wildman–Crippen MR) is 88.9 cm³/mol. The van der Waals surface area contributed by atoms with E-state index in [1.807, 2.05) is 42.3 Å². The highest BCUT2D eigenvalue weighted by molar-refractivity contribution is 6.00. The molecule has 114 valence electrons. The van der Waals surface area contributed by atoms with Gasteiger partial charge < -0.3 is 15.0 Å². The number of methoxy groups -OCH3 is 1. The first kappa shape index (κ1) is 19.2. The van der Waals surface area contributed by atoms with E-state index in [4.69, 9.17) is 10.1 Å². The number of nitrogens with zero attached hydrogens (tertiary/aromatic N) is 1. The molecular weight excluding hydrogens is 297 g/mol. The van der Waals surface area contributed by atoms with Crippen LogP contribution in [0.5, 0.6) is 0 Å². The minimum atomic E-state index is -0.226. The summed E-state index contributed by atoms with van der Waals surface area (Å²) in [5.41, 5.74) is 0.889. The Bertz CT molecular complexity index is 430. The largest absolute Gasteiger partial charge is 0.372 e. The SMILES string of the molecule is CNC1(C)CCN(c2ccccc2)C(=N)C1OC.Cl.Cl. The second-order valence-corrected chi connectivity index (χ2v) is 4.91. The summed E-state index contributed by atoms with van der Waals surface area (Å²) in [6, 6.07) is 10.0. The number of benzene rings is 1. The first-order chi connectivity index (χ1) is 8.62. The van der Waals surface area contributed by atoms with Gasteiger partial charge in [-0.2, -0.15) is 0 Å². The number of anilines is 1. The Labute approximate surface area is 133 Å². The Morgan fingerprint density at radius 1 is 1.30 bits per heavy atom. The summed E-state index contributed by atoms with van der Waals surface area (Å²) in [6.45, 7) is 2.94. The number of likely N-dealkylation sites (N-methyl/N-ethyl adjacent to an activating group) is 1. The maximum absolute atomic E-state index is 8.36. The summed E-state index contributed by atoms with van der Waals surface area (Å²) in [5, 5.41) is 11.7. The van der Waals surface area contributed by atoms with Gasteiger partial charge in [0.2, 0.25) is 0 Å². The van der Waals surface area contributed by atoms with Gasteiger partial charge in [-0.1, -0.05) is 18.2 Å². The van der Waals surface area contributed by atoms with Crippen LogP contribution in [-0.4, -0.2) is 38.2 Å². The van der Waals surface area contributed by atoms with Crippen molar-refractivity contribution in [2.24, 2.45) is 0 Å². The van der Waals surface area contributed by atoms with E-state index < -0.39 is 0 Å². The summed E-state index contributed by atoms with van der Waals surface area (Å²) in [4.78, 5) is 2.02. The first-order valence-electron chi connectivity index (χ1n) is 6.25. The fraction of sp³-hybridized carbons (Fsp3) is 0.500. The first-order valence-corrected chi connectivity index (χ1v) is 6.25. The fourth-order valence-corrected chi connectivity index (χ4v) is 2.54. The van der Waals surface area contributed by atoms with Crippen molar-refractivity contribution in [2.75, 3.05) is 25.6 Å². The molecule has 0 spiro atoms. The van der Waals surface area contributed by atoms with E-state index >= 15 is 0 Å². The van der Waals surface area contributed by atoms with Gasteiger partial charge in [0.25, 0.3) is 0 Å². The lowest BCUT2D eigenvalue weighted by atomic mass is 9.85. The van der Waals surface area contributed by atoms with Crippen molar-refractivity contribution in [2.45, 2.75) is 25.0 Å². The number of hydrogen-bond donors (Lipinski definition) is 2. The number of amidine groups is 1. The number of ether oxygens (including phenoxy) is 1. The topological polar surface area (TPSA) is 48.4 Å². The second-order valence-electron chi connectivity index (χ2n) is 4.91. The molecule has 0 amide bonds. The van der Waals surface area contributed by atoms with Gasteiger partial charge in [0.05, 0.1) is 5.54 Å². The Morgan fingerprint density at radius 2 is 1.90 bits per heavy atom. The molecule has 0 saturated carbocycles. The third kappa shape index (κ3) is 3.44. The molecule has 1 aliphatic rings. The molecule has 6 heteroatoms. The maximum Gasteiger partial charge on any atom is 0.132 e. The quantitative estimate of drug-likeness (QED) is 0.900.